The molecule has 3 nitrogen and oxygen atoms in total. The van der Waals surface area contributed by atoms with Crippen molar-refractivity contribution in [3.63, 3.8) is 0 Å². The normalized spacial score (nSPS) is 10.5. The van der Waals surface area contributed by atoms with Crippen LogP contribution in [0.15, 0.2) is 67.0 Å². The molecule has 0 saturated carbocycles. The summed E-state index contributed by atoms with van der Waals surface area (Å²) >= 11 is 12.1. The fourth-order valence-electron chi connectivity index (χ4n) is 2.77. The van der Waals surface area contributed by atoms with E-state index in [0.717, 1.165) is 21.8 Å². The zero-order valence-electron chi connectivity index (χ0n) is 15.4. The molecule has 0 aliphatic carbocycles. The number of rotatable bonds is 5. The van der Waals surface area contributed by atoms with E-state index in [1.54, 1.807) is 6.20 Å². The first kappa shape index (κ1) is 19.3. The van der Waals surface area contributed by atoms with Gasteiger partial charge in [-0.3, -0.25) is 4.98 Å². The Balaban J connectivity index is 1.82. The maximum atomic E-state index is 6.37. The fraction of sp³-hybridized carbons (Fsp3) is 0.182. The van der Waals surface area contributed by atoms with Crippen LogP contribution in [0.5, 0.6) is 0 Å². The molecule has 0 aliphatic rings. The van der Waals surface area contributed by atoms with E-state index in [2.05, 4.69) is 41.2 Å². The molecule has 0 amide bonds. The van der Waals surface area contributed by atoms with Crippen LogP contribution in [-0.4, -0.2) is 15.0 Å². The van der Waals surface area contributed by atoms with Gasteiger partial charge in [0.15, 0.2) is 5.11 Å². The van der Waals surface area contributed by atoms with Crippen LogP contribution in [0.25, 0.3) is 0 Å². The Labute approximate surface area is 171 Å². The molecule has 1 N–H and O–H groups in total. The highest BCUT2D eigenvalue weighted by Gasteiger charge is 2.14. The third-order valence-corrected chi connectivity index (χ3v) is 5.19. The van der Waals surface area contributed by atoms with Gasteiger partial charge in [0, 0.05) is 36.2 Å². The largest absolute Gasteiger partial charge is 0.340 e. The van der Waals surface area contributed by atoms with E-state index in [0.29, 0.717) is 18.2 Å². The SMILES string of the molecule is Cc1ccc(NC(=S)N(Cc2cccnc2)Cc2ccccc2Cl)cc1C. The second-order valence-electron chi connectivity index (χ2n) is 6.54. The predicted octanol–water partition coefficient (Wildman–Crippen LogP) is 5.75. The van der Waals surface area contributed by atoms with Crippen LogP contribution in [-0.2, 0) is 13.1 Å². The first-order valence-corrected chi connectivity index (χ1v) is 9.57. The van der Waals surface area contributed by atoms with Crippen molar-refractivity contribution in [3.8, 4) is 0 Å². The second kappa shape index (κ2) is 8.98. The number of aromatic nitrogens is 1. The number of hydrogen-bond acceptors (Lipinski definition) is 2. The molecule has 1 aromatic heterocycles. The molecule has 0 saturated heterocycles. The van der Waals surface area contributed by atoms with Crippen molar-refractivity contribution >= 4 is 34.6 Å². The number of halogens is 1. The summed E-state index contributed by atoms with van der Waals surface area (Å²) in [4.78, 5) is 6.31. The molecular formula is C22H22ClN3S. The lowest BCUT2D eigenvalue weighted by Gasteiger charge is -2.26. The summed E-state index contributed by atoms with van der Waals surface area (Å²) in [7, 11) is 0. The summed E-state index contributed by atoms with van der Waals surface area (Å²) in [5, 5.41) is 4.76. The molecule has 1 heterocycles. The zero-order valence-corrected chi connectivity index (χ0v) is 17.0. The van der Waals surface area contributed by atoms with Crippen LogP contribution in [0, 0.1) is 13.8 Å². The highest BCUT2D eigenvalue weighted by atomic mass is 35.5. The van der Waals surface area contributed by atoms with Gasteiger partial charge in [-0.25, -0.2) is 0 Å². The first-order valence-electron chi connectivity index (χ1n) is 8.78. The minimum atomic E-state index is 0.616. The topological polar surface area (TPSA) is 28.2 Å². The van der Waals surface area contributed by atoms with Gasteiger partial charge in [-0.2, -0.15) is 0 Å². The second-order valence-corrected chi connectivity index (χ2v) is 7.33. The first-order chi connectivity index (χ1) is 13.0. The van der Waals surface area contributed by atoms with Gasteiger partial charge >= 0.3 is 0 Å². The van der Waals surface area contributed by atoms with E-state index in [1.165, 1.54) is 11.1 Å². The van der Waals surface area contributed by atoms with E-state index in [1.807, 2.05) is 48.7 Å². The molecule has 3 aromatic rings. The van der Waals surface area contributed by atoms with E-state index >= 15 is 0 Å². The minimum absolute atomic E-state index is 0.616. The summed E-state index contributed by atoms with van der Waals surface area (Å²) in [5.41, 5.74) is 5.60. The molecule has 2 aromatic carbocycles. The average molecular weight is 396 g/mol. The van der Waals surface area contributed by atoms with Gasteiger partial charge in [0.05, 0.1) is 0 Å². The molecule has 27 heavy (non-hydrogen) atoms. The van der Waals surface area contributed by atoms with Crippen molar-refractivity contribution in [2.24, 2.45) is 0 Å². The van der Waals surface area contributed by atoms with Gasteiger partial charge in [-0.1, -0.05) is 41.9 Å². The Kier molecular flexibility index (Phi) is 6.43. The smallest absolute Gasteiger partial charge is 0.174 e. The van der Waals surface area contributed by atoms with Gasteiger partial charge in [-0.15, -0.1) is 0 Å². The highest BCUT2D eigenvalue weighted by molar-refractivity contribution is 7.80. The van der Waals surface area contributed by atoms with E-state index in [-0.39, 0.29) is 0 Å². The maximum Gasteiger partial charge on any atom is 0.174 e. The van der Waals surface area contributed by atoms with Gasteiger partial charge in [-0.05, 0) is 72.6 Å². The third kappa shape index (κ3) is 5.28. The van der Waals surface area contributed by atoms with Crippen molar-refractivity contribution in [3.05, 3.63) is 94.3 Å². The van der Waals surface area contributed by atoms with Crippen LogP contribution < -0.4 is 5.32 Å². The van der Waals surface area contributed by atoms with Crippen LogP contribution >= 0.6 is 23.8 Å². The summed E-state index contributed by atoms with van der Waals surface area (Å²) in [5.74, 6) is 0. The van der Waals surface area contributed by atoms with E-state index in [9.17, 15) is 0 Å². The number of benzene rings is 2. The van der Waals surface area contributed by atoms with Crippen LogP contribution in [0.2, 0.25) is 5.02 Å². The molecule has 0 radical (unpaired) electrons. The van der Waals surface area contributed by atoms with Crippen molar-refractivity contribution in [1.29, 1.82) is 0 Å². The van der Waals surface area contributed by atoms with Gasteiger partial charge in [0.25, 0.3) is 0 Å². The summed E-state index contributed by atoms with van der Waals surface area (Å²) < 4.78 is 0. The lowest BCUT2D eigenvalue weighted by atomic mass is 10.1. The Bertz CT molecular complexity index is 928. The minimum Gasteiger partial charge on any atom is -0.340 e. The molecular weight excluding hydrogens is 374 g/mol. The third-order valence-electron chi connectivity index (χ3n) is 4.46. The zero-order chi connectivity index (χ0) is 19.2. The standard InChI is InChI=1S/C22H22ClN3S/c1-16-9-10-20(12-17(16)2)25-22(27)26(14-18-6-5-11-24-13-18)15-19-7-3-4-8-21(19)23/h3-13H,14-15H2,1-2H3,(H,25,27). The number of nitrogens with one attached hydrogen (secondary N) is 1. The van der Waals surface area contributed by atoms with Crippen molar-refractivity contribution in [2.45, 2.75) is 26.9 Å². The molecule has 0 unspecified atom stereocenters. The summed E-state index contributed by atoms with van der Waals surface area (Å²) in [6, 6.07) is 18.1. The highest BCUT2D eigenvalue weighted by Crippen LogP contribution is 2.20. The molecule has 3 rings (SSSR count). The van der Waals surface area contributed by atoms with E-state index in [4.69, 9.17) is 23.8 Å². The lowest BCUT2D eigenvalue weighted by molar-refractivity contribution is 0.412. The molecule has 0 bridgehead atoms. The summed E-state index contributed by atoms with van der Waals surface area (Å²) in [6.07, 6.45) is 3.63. The number of anilines is 1. The van der Waals surface area contributed by atoms with Crippen molar-refractivity contribution < 1.29 is 0 Å². The number of thiocarbonyl (C=S) groups is 1. The number of aryl methyl sites for hydroxylation is 2. The molecule has 0 aliphatic heterocycles. The van der Waals surface area contributed by atoms with Crippen molar-refractivity contribution in [2.75, 3.05) is 5.32 Å². The summed E-state index contributed by atoms with van der Waals surface area (Å²) in [6.45, 7) is 5.46. The number of hydrogen-bond donors (Lipinski definition) is 1. The van der Waals surface area contributed by atoms with Crippen molar-refractivity contribution in [1.82, 2.24) is 9.88 Å². The maximum absolute atomic E-state index is 6.37. The molecule has 0 fully saturated rings. The lowest BCUT2D eigenvalue weighted by Crippen LogP contribution is -2.34. The monoisotopic (exact) mass is 395 g/mol. The van der Waals surface area contributed by atoms with Gasteiger partial charge in [0.1, 0.15) is 0 Å². The Morgan fingerprint density at radius 1 is 1.04 bits per heavy atom. The van der Waals surface area contributed by atoms with Crippen LogP contribution in [0.4, 0.5) is 5.69 Å². The number of pyridine rings is 1. The van der Waals surface area contributed by atoms with E-state index < -0.39 is 0 Å². The van der Waals surface area contributed by atoms with Crippen LogP contribution in [0.3, 0.4) is 0 Å². The molecule has 0 spiro atoms. The fourth-order valence-corrected chi connectivity index (χ4v) is 3.21. The molecule has 138 valence electrons. The Morgan fingerprint density at radius 2 is 1.85 bits per heavy atom. The Morgan fingerprint density at radius 3 is 2.56 bits per heavy atom. The molecule has 0 atom stereocenters. The van der Waals surface area contributed by atoms with Gasteiger partial charge in [0.2, 0.25) is 0 Å². The average Bonchev–Trinajstić information content (AvgIpc) is 2.66. The van der Waals surface area contributed by atoms with Gasteiger partial charge < -0.3 is 10.2 Å². The number of nitrogens with zero attached hydrogens (tertiary/aromatic N) is 2. The molecule has 5 heteroatoms. The quantitative estimate of drug-likeness (QED) is 0.556. The predicted molar refractivity (Wildman–Crippen MR) is 117 cm³/mol. The van der Waals surface area contributed by atoms with Crippen LogP contribution in [0.1, 0.15) is 22.3 Å². The Hall–Kier alpha value is -2.43.